The Morgan fingerprint density at radius 3 is 2.20 bits per heavy atom. The summed E-state index contributed by atoms with van der Waals surface area (Å²) in [6.07, 6.45) is 1.84. The van der Waals surface area contributed by atoms with Crippen molar-refractivity contribution in [3.63, 3.8) is 0 Å². The average molecular weight is 580 g/mol. The molecule has 0 aromatic heterocycles. The Balaban J connectivity index is 1.87. The molecular weight excluding hydrogens is 538 g/mol. The number of nitrogens with one attached hydrogen (secondary N) is 1. The minimum atomic E-state index is -3.64. The number of benzene rings is 3. The molecule has 3 rings (SSSR count). The van der Waals surface area contributed by atoms with Crippen molar-refractivity contribution in [2.75, 3.05) is 30.3 Å². The van der Waals surface area contributed by atoms with Crippen molar-refractivity contribution in [2.45, 2.75) is 52.6 Å². The third-order valence-electron chi connectivity index (χ3n) is 6.68. The number of aryl methyl sites for hydroxylation is 1. The number of amides is 2. The van der Waals surface area contributed by atoms with Gasteiger partial charge in [-0.1, -0.05) is 72.3 Å². The first-order chi connectivity index (χ1) is 19.6. The van der Waals surface area contributed by atoms with Gasteiger partial charge in [-0.3, -0.25) is 13.9 Å². The second-order valence-electron chi connectivity index (χ2n) is 9.95. The van der Waals surface area contributed by atoms with E-state index in [0.29, 0.717) is 31.0 Å². The van der Waals surface area contributed by atoms with E-state index in [0.717, 1.165) is 22.9 Å². The number of likely N-dealkylation sites (N-methyl/N-ethyl adjacent to an activating group) is 1. The summed E-state index contributed by atoms with van der Waals surface area (Å²) >= 11 is 0. The molecule has 41 heavy (non-hydrogen) atoms. The highest BCUT2D eigenvalue weighted by atomic mass is 32.2. The van der Waals surface area contributed by atoms with Gasteiger partial charge in [0.05, 0.1) is 18.6 Å². The Hall–Kier alpha value is -3.85. The van der Waals surface area contributed by atoms with Crippen LogP contribution in [0.5, 0.6) is 5.75 Å². The lowest BCUT2D eigenvalue weighted by Crippen LogP contribution is -2.50. The monoisotopic (exact) mass is 579 g/mol. The maximum Gasteiger partial charge on any atom is 0.243 e. The van der Waals surface area contributed by atoms with Gasteiger partial charge in [-0.25, -0.2) is 8.42 Å². The third-order valence-corrected chi connectivity index (χ3v) is 7.86. The number of anilines is 1. The molecule has 8 nitrogen and oxygen atoms in total. The van der Waals surface area contributed by atoms with E-state index in [9.17, 15) is 18.0 Å². The van der Waals surface area contributed by atoms with Crippen LogP contribution in [0, 0.1) is 6.92 Å². The lowest BCUT2D eigenvalue weighted by molar-refractivity contribution is -0.141. The Bertz CT molecular complexity index is 1380. The van der Waals surface area contributed by atoms with E-state index in [4.69, 9.17) is 4.74 Å². The minimum absolute atomic E-state index is 0.0688. The zero-order chi connectivity index (χ0) is 29.8. The van der Waals surface area contributed by atoms with Crippen LogP contribution in [0.3, 0.4) is 0 Å². The predicted octanol–water partition coefficient (Wildman–Crippen LogP) is 4.72. The van der Waals surface area contributed by atoms with Crippen LogP contribution < -0.4 is 14.4 Å². The lowest BCUT2D eigenvalue weighted by Gasteiger charge is -2.32. The van der Waals surface area contributed by atoms with Crippen LogP contribution in [0.4, 0.5) is 5.69 Å². The predicted molar refractivity (Wildman–Crippen MR) is 163 cm³/mol. The van der Waals surface area contributed by atoms with Crippen LogP contribution in [0.15, 0.2) is 78.9 Å². The molecule has 3 aromatic carbocycles. The number of para-hydroxylation sites is 2. The molecule has 9 heteroatoms. The molecule has 220 valence electrons. The van der Waals surface area contributed by atoms with Crippen LogP contribution in [-0.4, -0.2) is 57.1 Å². The van der Waals surface area contributed by atoms with Gasteiger partial charge in [-0.2, -0.15) is 0 Å². The summed E-state index contributed by atoms with van der Waals surface area (Å²) in [7, 11) is -3.64. The lowest BCUT2D eigenvalue weighted by atomic mass is 10.0. The normalized spacial score (nSPS) is 11.9. The molecule has 0 heterocycles. The van der Waals surface area contributed by atoms with Gasteiger partial charge in [0, 0.05) is 32.5 Å². The number of carbonyl (C=O) groups excluding carboxylic acids is 2. The number of sulfonamides is 1. The van der Waals surface area contributed by atoms with Crippen molar-refractivity contribution < 1.29 is 22.7 Å². The van der Waals surface area contributed by atoms with E-state index < -0.39 is 16.1 Å². The highest BCUT2D eigenvalue weighted by Crippen LogP contribution is 2.30. The summed E-state index contributed by atoms with van der Waals surface area (Å²) in [5.74, 6) is 0.0245. The quantitative estimate of drug-likeness (QED) is 0.281. The van der Waals surface area contributed by atoms with Crippen LogP contribution >= 0.6 is 0 Å². The van der Waals surface area contributed by atoms with E-state index in [1.54, 1.807) is 29.2 Å². The number of ether oxygens (including phenoxy) is 1. The molecule has 0 unspecified atom stereocenters. The Morgan fingerprint density at radius 1 is 0.902 bits per heavy atom. The molecule has 2 amide bonds. The first-order valence-electron chi connectivity index (χ1n) is 14.0. The molecule has 3 aromatic rings. The van der Waals surface area contributed by atoms with E-state index in [2.05, 4.69) is 5.32 Å². The first-order valence-corrected chi connectivity index (χ1v) is 15.8. The fourth-order valence-electron chi connectivity index (χ4n) is 4.66. The summed E-state index contributed by atoms with van der Waals surface area (Å²) in [4.78, 5) is 28.8. The highest BCUT2D eigenvalue weighted by Gasteiger charge is 2.30. The summed E-state index contributed by atoms with van der Waals surface area (Å²) in [6, 6.07) is 23.8. The van der Waals surface area contributed by atoms with Gasteiger partial charge in [-0.15, -0.1) is 0 Å². The van der Waals surface area contributed by atoms with Crippen molar-refractivity contribution >= 4 is 27.5 Å². The average Bonchev–Trinajstić information content (AvgIpc) is 2.94. The molecule has 0 spiro atoms. The summed E-state index contributed by atoms with van der Waals surface area (Å²) < 4.78 is 32.5. The van der Waals surface area contributed by atoms with Gasteiger partial charge in [-0.05, 0) is 50.5 Å². The van der Waals surface area contributed by atoms with Gasteiger partial charge in [0.25, 0.3) is 0 Å². The molecule has 0 fully saturated rings. The van der Waals surface area contributed by atoms with Crippen molar-refractivity contribution in [1.29, 1.82) is 0 Å². The molecule has 1 atom stereocenters. The van der Waals surface area contributed by atoms with Gasteiger partial charge in [0.1, 0.15) is 11.8 Å². The van der Waals surface area contributed by atoms with E-state index >= 15 is 0 Å². The molecule has 0 bridgehead atoms. The second-order valence-corrected chi connectivity index (χ2v) is 11.9. The fraction of sp³-hybridized carbons (Fsp3) is 0.375. The Morgan fingerprint density at radius 2 is 1.56 bits per heavy atom. The summed E-state index contributed by atoms with van der Waals surface area (Å²) in [5.41, 5.74) is 3.39. The molecule has 0 aliphatic heterocycles. The fourth-order valence-corrected chi connectivity index (χ4v) is 5.63. The van der Waals surface area contributed by atoms with Gasteiger partial charge >= 0.3 is 0 Å². The van der Waals surface area contributed by atoms with Gasteiger partial charge in [0.2, 0.25) is 21.8 Å². The maximum atomic E-state index is 13.8. The van der Waals surface area contributed by atoms with E-state index in [-0.39, 0.29) is 37.7 Å². The highest BCUT2D eigenvalue weighted by molar-refractivity contribution is 7.92. The van der Waals surface area contributed by atoms with Crippen molar-refractivity contribution in [2.24, 2.45) is 0 Å². The van der Waals surface area contributed by atoms with Crippen LogP contribution in [0.2, 0.25) is 0 Å². The number of nitrogens with zero attached hydrogens (tertiary/aromatic N) is 2. The molecule has 0 saturated heterocycles. The second kappa shape index (κ2) is 15.2. The van der Waals surface area contributed by atoms with Gasteiger partial charge in [0.15, 0.2) is 0 Å². The van der Waals surface area contributed by atoms with Crippen molar-refractivity contribution in [1.82, 2.24) is 10.2 Å². The summed E-state index contributed by atoms with van der Waals surface area (Å²) in [5, 5.41) is 2.90. The third kappa shape index (κ3) is 9.35. The Labute approximate surface area is 244 Å². The number of carbonyl (C=O) groups is 2. The zero-order valence-electron chi connectivity index (χ0n) is 24.4. The molecule has 1 N–H and O–H groups in total. The number of hydrogen-bond donors (Lipinski definition) is 1. The van der Waals surface area contributed by atoms with Crippen LogP contribution in [0.1, 0.15) is 43.4 Å². The van der Waals surface area contributed by atoms with Crippen LogP contribution in [0.25, 0.3) is 0 Å². The standard InChI is InChI=1S/C32H41N3O5S/c1-5-33-32(37)29(23-26-13-8-7-9-14-26)34(24-27-20-18-25(3)19-21-27)31(36)17-12-22-35(41(4,38)39)28-15-10-11-16-30(28)40-6-2/h7-11,13-16,18-21,29H,5-6,12,17,22-24H2,1-4H3,(H,33,37)/t29-/m0/s1. The Kier molecular flexibility index (Phi) is 11.8. The minimum Gasteiger partial charge on any atom is -0.492 e. The molecule has 0 aliphatic carbocycles. The molecular formula is C32H41N3O5S. The number of rotatable bonds is 15. The summed E-state index contributed by atoms with van der Waals surface area (Å²) in [6.45, 7) is 6.88. The zero-order valence-corrected chi connectivity index (χ0v) is 25.2. The van der Waals surface area contributed by atoms with Crippen molar-refractivity contribution in [3.05, 3.63) is 95.6 Å². The number of hydrogen-bond acceptors (Lipinski definition) is 5. The molecule has 0 radical (unpaired) electrons. The SMILES string of the molecule is CCNC(=O)[C@H](Cc1ccccc1)N(Cc1ccc(C)cc1)C(=O)CCCN(c1ccccc1OCC)S(C)(=O)=O. The van der Waals surface area contributed by atoms with E-state index in [1.165, 1.54) is 4.31 Å². The molecule has 0 aliphatic rings. The smallest absolute Gasteiger partial charge is 0.243 e. The molecule has 0 saturated carbocycles. The van der Waals surface area contributed by atoms with E-state index in [1.807, 2.05) is 75.4 Å². The first kappa shape index (κ1) is 31.7. The topological polar surface area (TPSA) is 96.0 Å². The van der Waals surface area contributed by atoms with Crippen LogP contribution in [-0.2, 0) is 32.6 Å². The van der Waals surface area contributed by atoms with Gasteiger partial charge < -0.3 is 15.0 Å². The largest absolute Gasteiger partial charge is 0.492 e. The van der Waals surface area contributed by atoms with Crippen molar-refractivity contribution in [3.8, 4) is 5.75 Å². The maximum absolute atomic E-state index is 13.8.